The molecular weight excluding hydrogens is 234 g/mol. The Balaban J connectivity index is 1.82. The lowest BCUT2D eigenvalue weighted by atomic mass is 9.55. The number of hydrogen-bond donors (Lipinski definition) is 1. The van der Waals surface area contributed by atoms with E-state index in [-0.39, 0.29) is 0 Å². The summed E-state index contributed by atoms with van der Waals surface area (Å²) in [5.41, 5.74) is 0.500. The molecule has 0 aromatic heterocycles. The van der Waals surface area contributed by atoms with Gasteiger partial charge in [-0.25, -0.2) is 0 Å². The summed E-state index contributed by atoms with van der Waals surface area (Å²) in [4.78, 5) is 0. The van der Waals surface area contributed by atoms with Crippen LogP contribution in [0.2, 0.25) is 0 Å². The van der Waals surface area contributed by atoms with Crippen molar-refractivity contribution < 1.29 is 4.74 Å². The number of nitrogens with one attached hydrogen (secondary N) is 1. The lowest BCUT2D eigenvalue weighted by Gasteiger charge is -2.58. The van der Waals surface area contributed by atoms with E-state index >= 15 is 0 Å². The number of unbranched alkanes of at least 4 members (excludes halogenated alkanes) is 2. The Hall–Kier alpha value is -0.0800. The van der Waals surface area contributed by atoms with Crippen LogP contribution in [0.4, 0.5) is 0 Å². The van der Waals surface area contributed by atoms with Crippen LogP contribution in [0.5, 0.6) is 0 Å². The molecule has 0 amide bonds. The molecule has 2 heteroatoms. The molecule has 0 saturated heterocycles. The van der Waals surface area contributed by atoms with Crippen LogP contribution < -0.4 is 5.32 Å². The van der Waals surface area contributed by atoms with Gasteiger partial charge in [0, 0.05) is 18.1 Å². The summed E-state index contributed by atoms with van der Waals surface area (Å²) in [7, 11) is 0. The lowest BCUT2D eigenvalue weighted by Crippen LogP contribution is -2.64. The average Bonchev–Trinajstić information content (AvgIpc) is 2.46. The summed E-state index contributed by atoms with van der Waals surface area (Å²) in [5, 5.41) is 3.78. The van der Waals surface area contributed by atoms with Gasteiger partial charge >= 0.3 is 0 Å². The van der Waals surface area contributed by atoms with E-state index in [0.29, 0.717) is 11.5 Å². The average molecular weight is 267 g/mol. The zero-order valence-electron chi connectivity index (χ0n) is 13.0. The first-order chi connectivity index (χ1) is 9.33. The SMILES string of the molecule is CCCCCOC1CC(NCCC)C12CCCCC2. The minimum absolute atomic E-state index is 0.500. The van der Waals surface area contributed by atoms with E-state index in [1.54, 1.807) is 0 Å². The van der Waals surface area contributed by atoms with Gasteiger partial charge in [-0.3, -0.25) is 0 Å². The van der Waals surface area contributed by atoms with Crippen molar-refractivity contribution in [2.45, 2.75) is 90.2 Å². The van der Waals surface area contributed by atoms with Crippen molar-refractivity contribution in [3.05, 3.63) is 0 Å². The molecule has 19 heavy (non-hydrogen) atoms. The second kappa shape index (κ2) is 7.64. The predicted octanol–water partition coefficient (Wildman–Crippen LogP) is 4.28. The summed E-state index contributed by atoms with van der Waals surface area (Å²) in [6, 6.07) is 0.740. The predicted molar refractivity (Wildman–Crippen MR) is 81.5 cm³/mol. The second-order valence-corrected chi connectivity index (χ2v) is 6.60. The summed E-state index contributed by atoms with van der Waals surface area (Å²) < 4.78 is 6.24. The normalized spacial score (nSPS) is 29.4. The maximum Gasteiger partial charge on any atom is 0.0661 e. The molecule has 0 aromatic rings. The van der Waals surface area contributed by atoms with E-state index in [2.05, 4.69) is 19.2 Å². The van der Waals surface area contributed by atoms with Crippen LogP contribution >= 0.6 is 0 Å². The van der Waals surface area contributed by atoms with Gasteiger partial charge in [0.25, 0.3) is 0 Å². The van der Waals surface area contributed by atoms with Gasteiger partial charge < -0.3 is 10.1 Å². The smallest absolute Gasteiger partial charge is 0.0661 e. The second-order valence-electron chi connectivity index (χ2n) is 6.60. The fourth-order valence-corrected chi connectivity index (χ4v) is 4.04. The number of ether oxygens (including phenoxy) is 1. The van der Waals surface area contributed by atoms with E-state index in [1.165, 1.54) is 70.8 Å². The molecule has 2 fully saturated rings. The van der Waals surface area contributed by atoms with Crippen molar-refractivity contribution in [3.63, 3.8) is 0 Å². The fourth-order valence-electron chi connectivity index (χ4n) is 4.04. The minimum atomic E-state index is 0.500. The standard InChI is InChI=1S/C17H33NO/c1-3-5-9-13-19-16-14-15(18-12-4-2)17(16)10-7-6-8-11-17/h15-16,18H,3-14H2,1-2H3. The molecule has 0 radical (unpaired) electrons. The van der Waals surface area contributed by atoms with Crippen LogP contribution in [0.3, 0.4) is 0 Å². The van der Waals surface area contributed by atoms with Gasteiger partial charge in [-0.1, -0.05) is 46.0 Å². The Morgan fingerprint density at radius 3 is 2.53 bits per heavy atom. The van der Waals surface area contributed by atoms with Crippen molar-refractivity contribution in [1.29, 1.82) is 0 Å². The van der Waals surface area contributed by atoms with Crippen LogP contribution in [-0.4, -0.2) is 25.3 Å². The van der Waals surface area contributed by atoms with Crippen LogP contribution in [0, 0.1) is 5.41 Å². The highest BCUT2D eigenvalue weighted by Crippen LogP contribution is 2.53. The first-order valence-electron chi connectivity index (χ1n) is 8.68. The summed E-state index contributed by atoms with van der Waals surface area (Å²) in [6.07, 6.45) is 14.0. The topological polar surface area (TPSA) is 21.3 Å². The van der Waals surface area contributed by atoms with Crippen molar-refractivity contribution >= 4 is 0 Å². The monoisotopic (exact) mass is 267 g/mol. The number of hydrogen-bond acceptors (Lipinski definition) is 2. The zero-order valence-corrected chi connectivity index (χ0v) is 13.0. The van der Waals surface area contributed by atoms with E-state index in [9.17, 15) is 0 Å². The van der Waals surface area contributed by atoms with Crippen molar-refractivity contribution in [1.82, 2.24) is 5.32 Å². The molecule has 2 saturated carbocycles. The van der Waals surface area contributed by atoms with Gasteiger partial charge in [-0.15, -0.1) is 0 Å². The minimum Gasteiger partial charge on any atom is -0.378 e. The quantitative estimate of drug-likeness (QED) is 0.663. The van der Waals surface area contributed by atoms with Crippen LogP contribution in [0.15, 0.2) is 0 Å². The van der Waals surface area contributed by atoms with Crippen molar-refractivity contribution in [2.24, 2.45) is 5.41 Å². The third kappa shape index (κ3) is 3.52. The van der Waals surface area contributed by atoms with Gasteiger partial charge in [-0.2, -0.15) is 0 Å². The van der Waals surface area contributed by atoms with Gasteiger partial charge in [0.15, 0.2) is 0 Å². The van der Waals surface area contributed by atoms with E-state index in [1.807, 2.05) is 0 Å². The Morgan fingerprint density at radius 2 is 1.84 bits per heavy atom. The molecule has 1 spiro atoms. The molecule has 2 aliphatic carbocycles. The molecular formula is C17H33NO. The summed E-state index contributed by atoms with van der Waals surface area (Å²) in [6.45, 7) is 6.68. The third-order valence-electron chi connectivity index (χ3n) is 5.28. The highest BCUT2D eigenvalue weighted by atomic mass is 16.5. The molecule has 112 valence electrons. The molecule has 2 rings (SSSR count). The molecule has 2 atom stereocenters. The molecule has 1 N–H and O–H groups in total. The molecule has 2 unspecified atom stereocenters. The molecule has 0 aromatic carbocycles. The van der Waals surface area contributed by atoms with Crippen LogP contribution in [-0.2, 0) is 4.74 Å². The molecule has 2 nitrogen and oxygen atoms in total. The Kier molecular flexibility index (Phi) is 6.15. The van der Waals surface area contributed by atoms with Gasteiger partial charge in [0.05, 0.1) is 6.10 Å². The molecule has 0 heterocycles. The fraction of sp³-hybridized carbons (Fsp3) is 1.00. The van der Waals surface area contributed by atoms with Crippen LogP contribution in [0.1, 0.15) is 78.1 Å². The maximum absolute atomic E-state index is 6.24. The molecule has 0 bridgehead atoms. The summed E-state index contributed by atoms with van der Waals surface area (Å²) in [5.74, 6) is 0. The van der Waals surface area contributed by atoms with Gasteiger partial charge in [0.2, 0.25) is 0 Å². The first-order valence-corrected chi connectivity index (χ1v) is 8.68. The van der Waals surface area contributed by atoms with Gasteiger partial charge in [0.1, 0.15) is 0 Å². The Bertz CT molecular complexity index is 246. The highest BCUT2D eigenvalue weighted by Gasteiger charge is 2.55. The zero-order chi connectivity index (χ0) is 13.6. The van der Waals surface area contributed by atoms with E-state index in [0.717, 1.165) is 12.6 Å². The third-order valence-corrected chi connectivity index (χ3v) is 5.28. The largest absolute Gasteiger partial charge is 0.378 e. The lowest BCUT2D eigenvalue weighted by molar-refractivity contribution is -0.153. The first kappa shape index (κ1) is 15.3. The molecule has 0 aliphatic heterocycles. The van der Waals surface area contributed by atoms with E-state index in [4.69, 9.17) is 4.74 Å². The van der Waals surface area contributed by atoms with Crippen molar-refractivity contribution in [3.8, 4) is 0 Å². The Labute approximate surface area is 119 Å². The highest BCUT2D eigenvalue weighted by molar-refractivity contribution is 5.08. The van der Waals surface area contributed by atoms with Gasteiger partial charge in [-0.05, 0) is 38.6 Å². The summed E-state index contributed by atoms with van der Waals surface area (Å²) >= 11 is 0. The van der Waals surface area contributed by atoms with E-state index < -0.39 is 0 Å². The van der Waals surface area contributed by atoms with Crippen LogP contribution in [0.25, 0.3) is 0 Å². The maximum atomic E-state index is 6.24. The number of rotatable bonds is 8. The Morgan fingerprint density at radius 1 is 1.05 bits per heavy atom. The van der Waals surface area contributed by atoms with Crippen molar-refractivity contribution in [2.75, 3.05) is 13.2 Å². The molecule has 2 aliphatic rings.